The van der Waals surface area contributed by atoms with Crippen LogP contribution in [0, 0.1) is 11.6 Å². The van der Waals surface area contributed by atoms with Crippen LogP contribution in [0.5, 0.6) is 0 Å². The lowest BCUT2D eigenvalue weighted by Crippen LogP contribution is -2.38. The third-order valence-corrected chi connectivity index (χ3v) is 4.73. The highest BCUT2D eigenvalue weighted by atomic mass is 19.1. The first kappa shape index (κ1) is 22.4. The zero-order valence-corrected chi connectivity index (χ0v) is 17.1. The summed E-state index contributed by atoms with van der Waals surface area (Å²) < 4.78 is 27.4. The van der Waals surface area contributed by atoms with Crippen LogP contribution in [0.25, 0.3) is 0 Å². The van der Waals surface area contributed by atoms with E-state index in [2.05, 4.69) is 16.0 Å². The van der Waals surface area contributed by atoms with Gasteiger partial charge in [-0.3, -0.25) is 19.3 Å². The van der Waals surface area contributed by atoms with Crippen molar-refractivity contribution in [2.75, 3.05) is 30.3 Å². The molecule has 0 bridgehead atoms. The van der Waals surface area contributed by atoms with E-state index >= 15 is 0 Å². The Kier molecular flexibility index (Phi) is 7.30. The third kappa shape index (κ3) is 6.58. The summed E-state index contributed by atoms with van der Waals surface area (Å²) in [6.07, 6.45) is 1.96. The first-order valence-electron chi connectivity index (χ1n) is 10.0. The Morgan fingerprint density at radius 3 is 2.19 bits per heavy atom. The molecule has 0 aliphatic heterocycles. The Labute approximate surface area is 178 Å². The number of hydrogen-bond acceptors (Lipinski definition) is 4. The van der Waals surface area contributed by atoms with E-state index in [1.807, 2.05) is 0 Å². The standard InChI is InChI=1S/C22H24F2N4O3/c1-2-28(13-20(30)27-21-17(23)7-4-8-18(21)24)12-19(29)25-16-6-3-5-14(11-16)22(31)26-15-9-10-15/h3-8,11,15H,2,9-10,12-13H2,1H3,(H,25,29)(H,26,31)(H,27,30). The fourth-order valence-corrected chi connectivity index (χ4v) is 2.92. The van der Waals surface area contributed by atoms with Crippen LogP contribution in [-0.2, 0) is 9.59 Å². The summed E-state index contributed by atoms with van der Waals surface area (Å²) in [6, 6.07) is 10.1. The summed E-state index contributed by atoms with van der Waals surface area (Å²) in [7, 11) is 0. The Morgan fingerprint density at radius 1 is 0.968 bits per heavy atom. The van der Waals surface area contributed by atoms with Crippen LogP contribution in [0.15, 0.2) is 42.5 Å². The molecule has 0 atom stereocenters. The number of hydrogen-bond donors (Lipinski definition) is 3. The molecule has 2 aromatic rings. The molecule has 0 saturated heterocycles. The highest BCUT2D eigenvalue weighted by Crippen LogP contribution is 2.20. The molecular weight excluding hydrogens is 406 g/mol. The van der Waals surface area contributed by atoms with E-state index in [1.54, 1.807) is 31.2 Å². The van der Waals surface area contributed by atoms with Gasteiger partial charge in [-0.1, -0.05) is 19.1 Å². The summed E-state index contributed by atoms with van der Waals surface area (Å²) >= 11 is 0. The van der Waals surface area contributed by atoms with Crippen LogP contribution >= 0.6 is 0 Å². The van der Waals surface area contributed by atoms with E-state index in [4.69, 9.17) is 0 Å². The van der Waals surface area contributed by atoms with Crippen molar-refractivity contribution >= 4 is 29.1 Å². The van der Waals surface area contributed by atoms with E-state index in [9.17, 15) is 23.2 Å². The lowest BCUT2D eigenvalue weighted by atomic mass is 10.2. The van der Waals surface area contributed by atoms with Gasteiger partial charge in [-0.05, 0) is 49.7 Å². The number of para-hydroxylation sites is 1. The van der Waals surface area contributed by atoms with Crippen molar-refractivity contribution in [2.24, 2.45) is 0 Å². The van der Waals surface area contributed by atoms with Gasteiger partial charge in [0.2, 0.25) is 11.8 Å². The number of benzene rings is 2. The van der Waals surface area contributed by atoms with Crippen molar-refractivity contribution in [3.05, 3.63) is 59.7 Å². The number of nitrogens with one attached hydrogen (secondary N) is 3. The number of amides is 3. The number of likely N-dealkylation sites (N-methyl/N-ethyl adjacent to an activating group) is 1. The first-order valence-corrected chi connectivity index (χ1v) is 10.0. The summed E-state index contributed by atoms with van der Waals surface area (Å²) in [5.74, 6) is -2.96. The molecule has 0 heterocycles. The number of rotatable bonds is 9. The molecule has 0 spiro atoms. The molecule has 1 saturated carbocycles. The fraction of sp³-hybridized carbons (Fsp3) is 0.318. The normalized spacial score (nSPS) is 13.0. The Hall–Kier alpha value is -3.33. The van der Waals surface area contributed by atoms with Crippen molar-refractivity contribution in [1.29, 1.82) is 0 Å². The average molecular weight is 430 g/mol. The molecule has 31 heavy (non-hydrogen) atoms. The van der Waals surface area contributed by atoms with Crippen molar-refractivity contribution in [1.82, 2.24) is 10.2 Å². The van der Waals surface area contributed by atoms with E-state index in [-0.39, 0.29) is 30.9 Å². The van der Waals surface area contributed by atoms with Gasteiger partial charge in [0.1, 0.15) is 17.3 Å². The molecule has 2 aromatic carbocycles. The maximum Gasteiger partial charge on any atom is 0.251 e. The van der Waals surface area contributed by atoms with E-state index in [0.717, 1.165) is 25.0 Å². The van der Waals surface area contributed by atoms with Crippen LogP contribution in [0.1, 0.15) is 30.1 Å². The fourth-order valence-electron chi connectivity index (χ4n) is 2.92. The lowest BCUT2D eigenvalue weighted by molar-refractivity contribution is -0.120. The number of carbonyl (C=O) groups is 3. The number of anilines is 2. The number of halogens is 2. The van der Waals surface area contributed by atoms with Crippen LogP contribution in [0.2, 0.25) is 0 Å². The van der Waals surface area contributed by atoms with E-state index in [0.29, 0.717) is 17.8 Å². The van der Waals surface area contributed by atoms with Gasteiger partial charge in [0.05, 0.1) is 13.1 Å². The van der Waals surface area contributed by atoms with Crippen molar-refractivity contribution < 1.29 is 23.2 Å². The van der Waals surface area contributed by atoms with Crippen LogP contribution < -0.4 is 16.0 Å². The zero-order valence-electron chi connectivity index (χ0n) is 17.1. The summed E-state index contributed by atoms with van der Waals surface area (Å²) in [4.78, 5) is 38.2. The van der Waals surface area contributed by atoms with Gasteiger partial charge >= 0.3 is 0 Å². The molecule has 3 amide bonds. The SMILES string of the molecule is CCN(CC(=O)Nc1cccc(C(=O)NC2CC2)c1)CC(=O)Nc1c(F)cccc1F. The van der Waals surface area contributed by atoms with Gasteiger partial charge in [-0.2, -0.15) is 0 Å². The van der Waals surface area contributed by atoms with Crippen molar-refractivity contribution in [2.45, 2.75) is 25.8 Å². The summed E-state index contributed by atoms with van der Waals surface area (Å²) in [5, 5.41) is 7.78. The predicted octanol–water partition coefficient (Wildman–Crippen LogP) is 2.76. The largest absolute Gasteiger partial charge is 0.349 e. The highest BCUT2D eigenvalue weighted by molar-refractivity contribution is 5.98. The summed E-state index contributed by atoms with van der Waals surface area (Å²) in [5.41, 5.74) is 0.389. The number of nitrogens with zero attached hydrogens (tertiary/aromatic N) is 1. The molecule has 1 aliphatic carbocycles. The molecule has 1 fully saturated rings. The van der Waals surface area contributed by atoms with Crippen molar-refractivity contribution in [3.8, 4) is 0 Å². The lowest BCUT2D eigenvalue weighted by Gasteiger charge is -2.19. The van der Waals surface area contributed by atoms with Crippen LogP contribution in [-0.4, -0.2) is 48.3 Å². The smallest absolute Gasteiger partial charge is 0.251 e. The number of carbonyl (C=O) groups excluding carboxylic acids is 3. The second-order valence-corrected chi connectivity index (χ2v) is 7.32. The van der Waals surface area contributed by atoms with Gasteiger partial charge in [-0.15, -0.1) is 0 Å². The highest BCUT2D eigenvalue weighted by Gasteiger charge is 2.24. The van der Waals surface area contributed by atoms with Crippen molar-refractivity contribution in [3.63, 3.8) is 0 Å². The van der Waals surface area contributed by atoms with E-state index < -0.39 is 23.2 Å². The first-order chi connectivity index (χ1) is 14.9. The predicted molar refractivity (Wildman–Crippen MR) is 113 cm³/mol. The quantitative estimate of drug-likeness (QED) is 0.571. The minimum Gasteiger partial charge on any atom is -0.349 e. The molecule has 3 rings (SSSR count). The molecule has 1 aliphatic rings. The van der Waals surface area contributed by atoms with Gasteiger partial charge < -0.3 is 16.0 Å². The van der Waals surface area contributed by atoms with Gasteiger partial charge in [0.15, 0.2) is 0 Å². The topological polar surface area (TPSA) is 90.5 Å². The molecule has 0 aromatic heterocycles. The average Bonchev–Trinajstić information content (AvgIpc) is 3.54. The maximum absolute atomic E-state index is 13.7. The second-order valence-electron chi connectivity index (χ2n) is 7.32. The van der Waals surface area contributed by atoms with Gasteiger partial charge in [0.25, 0.3) is 5.91 Å². The Bertz CT molecular complexity index is 959. The van der Waals surface area contributed by atoms with Crippen LogP contribution in [0.4, 0.5) is 20.2 Å². The molecule has 3 N–H and O–H groups in total. The molecular formula is C22H24F2N4O3. The maximum atomic E-state index is 13.7. The third-order valence-electron chi connectivity index (χ3n) is 4.73. The van der Waals surface area contributed by atoms with Gasteiger partial charge in [-0.25, -0.2) is 8.78 Å². The van der Waals surface area contributed by atoms with E-state index in [1.165, 1.54) is 11.0 Å². The minimum atomic E-state index is -0.875. The molecule has 7 nitrogen and oxygen atoms in total. The Balaban J connectivity index is 1.53. The monoisotopic (exact) mass is 430 g/mol. The molecule has 0 unspecified atom stereocenters. The van der Waals surface area contributed by atoms with Gasteiger partial charge in [0, 0.05) is 17.3 Å². The zero-order chi connectivity index (χ0) is 22.4. The second kappa shape index (κ2) is 10.1. The molecule has 164 valence electrons. The molecule has 9 heteroatoms. The Morgan fingerprint density at radius 2 is 1.58 bits per heavy atom. The van der Waals surface area contributed by atoms with Crippen LogP contribution in [0.3, 0.4) is 0 Å². The summed E-state index contributed by atoms with van der Waals surface area (Å²) in [6.45, 7) is 1.79. The minimum absolute atomic E-state index is 0.109. The molecule has 0 radical (unpaired) electrons.